The number of aliphatic hydroxyl groups is 1. The predicted molar refractivity (Wildman–Crippen MR) is 165 cm³/mol. The number of aryl methyl sites for hydroxylation is 2. The number of urea groups is 2. The van der Waals surface area contributed by atoms with E-state index in [1.165, 1.54) is 4.90 Å². The molecule has 0 saturated carbocycles. The molecule has 4 rings (SSSR count). The fourth-order valence-corrected chi connectivity index (χ4v) is 4.91. The minimum atomic E-state index is -0.509. The van der Waals surface area contributed by atoms with E-state index in [-0.39, 0.29) is 37.4 Å². The van der Waals surface area contributed by atoms with Crippen LogP contribution in [-0.2, 0) is 11.2 Å². The molecule has 1 aromatic heterocycles. The lowest BCUT2D eigenvalue weighted by atomic mass is 10.0. The van der Waals surface area contributed by atoms with Crippen LogP contribution in [0.5, 0.6) is 11.5 Å². The number of carbonyl (C=O) groups is 3. The second-order valence-electron chi connectivity index (χ2n) is 11.0. The van der Waals surface area contributed by atoms with E-state index < -0.39 is 18.2 Å². The van der Waals surface area contributed by atoms with Crippen LogP contribution in [0.1, 0.15) is 30.9 Å². The Morgan fingerprint density at radius 2 is 1.82 bits per heavy atom. The molecule has 2 heterocycles. The van der Waals surface area contributed by atoms with Crippen LogP contribution < -0.4 is 25.4 Å². The number of methoxy groups -OCH3 is 1. The van der Waals surface area contributed by atoms with Crippen LogP contribution in [0.3, 0.4) is 0 Å². The standard InChI is InChI=1S/C31H40N6O7/c1-18-15-37(19(2)17-38)28(39)14-22-13-24(33-30(40)32-23-7-10-25(42-6)11-8-23)9-12-26(22)43-27(18)16-36(5)31(41)34-29-20(3)35-44-21(29)4/h7-13,18-19,27,38H,14-17H2,1-6H3,(H,34,41)(H2,32,33,40)/t18-,19+,27+/m1/s1. The quantitative estimate of drug-likeness (QED) is 0.295. The largest absolute Gasteiger partial charge is 0.497 e. The number of fused-ring (bicyclic) bond motifs is 1. The number of rotatable bonds is 8. The zero-order chi connectivity index (χ0) is 32.0. The van der Waals surface area contributed by atoms with Crippen molar-refractivity contribution in [3.8, 4) is 11.5 Å². The Balaban J connectivity index is 1.55. The van der Waals surface area contributed by atoms with Gasteiger partial charge in [0.2, 0.25) is 5.91 Å². The van der Waals surface area contributed by atoms with Crippen molar-refractivity contribution in [2.75, 3.05) is 49.8 Å². The van der Waals surface area contributed by atoms with Gasteiger partial charge in [-0.15, -0.1) is 0 Å². The van der Waals surface area contributed by atoms with Gasteiger partial charge in [0.15, 0.2) is 5.76 Å². The number of hydrogen-bond donors (Lipinski definition) is 4. The van der Waals surface area contributed by atoms with Crippen LogP contribution in [0.2, 0.25) is 0 Å². The molecule has 13 nitrogen and oxygen atoms in total. The molecule has 0 bridgehead atoms. The molecule has 1 aliphatic heterocycles. The predicted octanol–water partition coefficient (Wildman–Crippen LogP) is 4.26. The van der Waals surface area contributed by atoms with E-state index in [0.29, 0.717) is 52.1 Å². The minimum Gasteiger partial charge on any atom is -0.497 e. The minimum absolute atomic E-state index is 0.00288. The molecule has 2 aromatic carbocycles. The number of nitrogens with one attached hydrogen (secondary N) is 3. The average molecular weight is 609 g/mol. The summed E-state index contributed by atoms with van der Waals surface area (Å²) in [5.41, 5.74) is 2.69. The van der Waals surface area contributed by atoms with Gasteiger partial charge in [-0.3, -0.25) is 4.79 Å². The summed E-state index contributed by atoms with van der Waals surface area (Å²) in [4.78, 5) is 42.4. The summed E-state index contributed by atoms with van der Waals surface area (Å²) in [5, 5.41) is 22.2. The molecule has 1 aliphatic rings. The van der Waals surface area contributed by atoms with Crippen molar-refractivity contribution >= 4 is 35.0 Å². The first-order valence-electron chi connectivity index (χ1n) is 14.4. The van der Waals surface area contributed by atoms with Crippen molar-refractivity contribution in [3.05, 3.63) is 59.5 Å². The van der Waals surface area contributed by atoms with Crippen molar-refractivity contribution in [3.63, 3.8) is 0 Å². The Hall–Kier alpha value is -4.78. The molecule has 3 atom stereocenters. The zero-order valence-electron chi connectivity index (χ0n) is 25.8. The zero-order valence-corrected chi connectivity index (χ0v) is 25.8. The van der Waals surface area contributed by atoms with Crippen molar-refractivity contribution in [2.45, 2.75) is 46.3 Å². The number of carbonyl (C=O) groups excluding carboxylic acids is 3. The molecule has 4 N–H and O–H groups in total. The van der Waals surface area contributed by atoms with E-state index in [4.69, 9.17) is 14.0 Å². The van der Waals surface area contributed by atoms with Crippen molar-refractivity contribution < 1.29 is 33.5 Å². The van der Waals surface area contributed by atoms with E-state index >= 15 is 0 Å². The Kier molecular flexibility index (Phi) is 10.3. The van der Waals surface area contributed by atoms with E-state index in [2.05, 4.69) is 21.1 Å². The summed E-state index contributed by atoms with van der Waals surface area (Å²) in [5.74, 6) is 1.24. The van der Waals surface area contributed by atoms with Crippen LogP contribution in [0, 0.1) is 19.8 Å². The van der Waals surface area contributed by atoms with E-state index in [9.17, 15) is 19.5 Å². The summed E-state index contributed by atoms with van der Waals surface area (Å²) >= 11 is 0. The highest BCUT2D eigenvalue weighted by Gasteiger charge is 2.32. The van der Waals surface area contributed by atoms with Crippen LogP contribution in [-0.4, -0.2) is 84.0 Å². The first-order valence-corrected chi connectivity index (χ1v) is 14.4. The third-order valence-electron chi connectivity index (χ3n) is 7.59. The monoisotopic (exact) mass is 608 g/mol. The van der Waals surface area contributed by atoms with Gasteiger partial charge in [-0.1, -0.05) is 12.1 Å². The maximum atomic E-state index is 13.5. The van der Waals surface area contributed by atoms with Crippen LogP contribution >= 0.6 is 0 Å². The van der Waals surface area contributed by atoms with Crippen molar-refractivity contribution in [1.82, 2.24) is 15.0 Å². The van der Waals surface area contributed by atoms with Crippen molar-refractivity contribution in [1.29, 1.82) is 0 Å². The Labute approximate surface area is 256 Å². The summed E-state index contributed by atoms with van der Waals surface area (Å²) in [6.07, 6.45) is -0.512. The molecule has 0 aliphatic carbocycles. The number of aromatic nitrogens is 1. The summed E-state index contributed by atoms with van der Waals surface area (Å²) < 4.78 is 16.8. The summed E-state index contributed by atoms with van der Waals surface area (Å²) in [6.45, 7) is 7.50. The lowest BCUT2D eigenvalue weighted by molar-refractivity contribution is -0.134. The number of aliphatic hydroxyl groups excluding tert-OH is 1. The van der Waals surface area contributed by atoms with Gasteiger partial charge in [-0.05, 0) is 63.2 Å². The number of amides is 5. The second-order valence-corrected chi connectivity index (χ2v) is 11.0. The second kappa shape index (κ2) is 14.1. The molecule has 0 fully saturated rings. The molecule has 13 heteroatoms. The maximum Gasteiger partial charge on any atom is 0.323 e. The molecule has 0 unspecified atom stereocenters. The molecule has 44 heavy (non-hydrogen) atoms. The Morgan fingerprint density at radius 1 is 1.14 bits per heavy atom. The third kappa shape index (κ3) is 7.78. The first kappa shape index (κ1) is 32.1. The fraction of sp³-hybridized carbons (Fsp3) is 0.419. The van der Waals surface area contributed by atoms with Crippen molar-refractivity contribution in [2.24, 2.45) is 5.92 Å². The van der Waals surface area contributed by atoms with E-state index in [0.717, 1.165) is 0 Å². The van der Waals surface area contributed by atoms with E-state index in [1.807, 2.05) is 6.92 Å². The van der Waals surface area contributed by atoms with E-state index in [1.54, 1.807) is 82.3 Å². The Morgan fingerprint density at radius 3 is 2.45 bits per heavy atom. The summed E-state index contributed by atoms with van der Waals surface area (Å²) in [6, 6.07) is 10.8. The molecule has 0 spiro atoms. The van der Waals surface area contributed by atoms with Gasteiger partial charge in [0, 0.05) is 36.4 Å². The lowest BCUT2D eigenvalue weighted by Crippen LogP contribution is -2.48. The molecule has 5 amide bonds. The Bertz CT molecular complexity index is 1460. The number of likely N-dealkylation sites (N-methyl/N-ethyl adjacent to an activating group) is 1. The normalized spacial score (nSPS) is 17.2. The van der Waals surface area contributed by atoms with Crippen LogP contribution in [0.15, 0.2) is 47.0 Å². The van der Waals surface area contributed by atoms with Gasteiger partial charge < -0.3 is 44.9 Å². The molecular formula is C31H40N6O7. The number of benzene rings is 2. The van der Waals surface area contributed by atoms with Gasteiger partial charge in [0.25, 0.3) is 0 Å². The number of hydrogen-bond acceptors (Lipinski definition) is 8. The van der Waals surface area contributed by atoms with Crippen LogP contribution in [0.4, 0.5) is 26.7 Å². The third-order valence-corrected chi connectivity index (χ3v) is 7.59. The van der Waals surface area contributed by atoms with Crippen LogP contribution in [0.25, 0.3) is 0 Å². The van der Waals surface area contributed by atoms with Gasteiger partial charge in [0.05, 0.1) is 32.7 Å². The topological polar surface area (TPSA) is 158 Å². The SMILES string of the molecule is COc1ccc(NC(=O)Nc2ccc3c(c2)CC(=O)N([C@@H](C)CO)C[C@@H](C)[C@H](CN(C)C(=O)Nc2c(C)noc2C)O3)cc1. The number of ether oxygens (including phenoxy) is 2. The van der Waals surface area contributed by atoms with Gasteiger partial charge >= 0.3 is 12.1 Å². The molecule has 0 radical (unpaired) electrons. The van der Waals surface area contributed by atoms with Gasteiger partial charge in [-0.2, -0.15) is 0 Å². The highest BCUT2D eigenvalue weighted by atomic mass is 16.5. The highest BCUT2D eigenvalue weighted by Crippen LogP contribution is 2.30. The molecule has 0 saturated heterocycles. The maximum absolute atomic E-state index is 13.5. The number of nitrogens with zero attached hydrogens (tertiary/aromatic N) is 3. The molecular weight excluding hydrogens is 568 g/mol. The fourth-order valence-electron chi connectivity index (χ4n) is 4.91. The average Bonchev–Trinajstić information content (AvgIpc) is 3.33. The smallest absolute Gasteiger partial charge is 0.323 e. The van der Waals surface area contributed by atoms with Gasteiger partial charge in [-0.25, -0.2) is 9.59 Å². The highest BCUT2D eigenvalue weighted by molar-refractivity contribution is 6.00. The first-order chi connectivity index (χ1) is 21.0. The summed E-state index contributed by atoms with van der Waals surface area (Å²) in [7, 11) is 3.22. The number of anilines is 3. The molecule has 236 valence electrons. The van der Waals surface area contributed by atoms with Gasteiger partial charge in [0.1, 0.15) is 29.0 Å². The molecule has 3 aromatic rings. The lowest BCUT2D eigenvalue weighted by Gasteiger charge is -2.34.